The van der Waals surface area contributed by atoms with Crippen molar-refractivity contribution in [1.82, 2.24) is 0 Å². The molecule has 3 aromatic rings. The van der Waals surface area contributed by atoms with E-state index in [-0.39, 0.29) is 6.54 Å². The lowest BCUT2D eigenvalue weighted by atomic mass is 10.2. The van der Waals surface area contributed by atoms with Crippen LogP contribution in [0.3, 0.4) is 0 Å². The van der Waals surface area contributed by atoms with Crippen LogP contribution in [-0.2, 0) is 14.8 Å². The van der Waals surface area contributed by atoms with Crippen LogP contribution in [0.1, 0.15) is 5.56 Å². The highest BCUT2D eigenvalue weighted by atomic mass is 35.5. The third-order valence-electron chi connectivity index (χ3n) is 4.64. The monoisotopic (exact) mass is 473 g/mol. The molecule has 0 aliphatic rings. The lowest BCUT2D eigenvalue weighted by molar-refractivity contribution is -0.118. The molecular formula is C23H24ClN3O4S. The predicted octanol–water partition coefficient (Wildman–Crippen LogP) is 4.17. The molecule has 0 spiro atoms. The highest BCUT2D eigenvalue weighted by molar-refractivity contribution is 7.92. The minimum atomic E-state index is -3.70. The lowest BCUT2D eigenvalue weighted by Crippen LogP contribution is -2.47. The Kier molecular flexibility index (Phi) is 7.27. The van der Waals surface area contributed by atoms with Crippen LogP contribution < -0.4 is 20.1 Å². The zero-order chi connectivity index (χ0) is 23.3. The molecule has 1 amide bonds. The summed E-state index contributed by atoms with van der Waals surface area (Å²) in [5, 5.41) is 3.42. The fourth-order valence-electron chi connectivity index (χ4n) is 3.01. The van der Waals surface area contributed by atoms with E-state index in [4.69, 9.17) is 22.1 Å². The molecule has 9 heteroatoms. The fraction of sp³-hybridized carbons (Fsp3) is 0.174. The number of carbonyl (C=O) groups is 1. The molecule has 0 aliphatic heterocycles. The number of halogens is 1. The molecule has 3 N–H and O–H groups in total. The average molecular weight is 474 g/mol. The van der Waals surface area contributed by atoms with Crippen molar-refractivity contribution in [1.29, 1.82) is 0 Å². The summed E-state index contributed by atoms with van der Waals surface area (Å²) in [6.45, 7) is 1.79. The topological polar surface area (TPSA) is 102 Å². The summed E-state index contributed by atoms with van der Waals surface area (Å²) in [6.07, 6.45) is 1.07. The van der Waals surface area contributed by atoms with Gasteiger partial charge in [-0.3, -0.25) is 9.10 Å². The lowest BCUT2D eigenvalue weighted by Gasteiger charge is -2.27. The number of aryl methyl sites for hydroxylation is 1. The van der Waals surface area contributed by atoms with Gasteiger partial charge in [0.25, 0.3) is 0 Å². The minimum absolute atomic E-state index is 0.196. The highest BCUT2D eigenvalue weighted by Crippen LogP contribution is 2.26. The number of hydrogen-bond acceptors (Lipinski definition) is 5. The summed E-state index contributed by atoms with van der Waals surface area (Å²) < 4.78 is 31.9. The Bertz CT molecular complexity index is 1180. The van der Waals surface area contributed by atoms with Crippen LogP contribution in [0.15, 0.2) is 72.8 Å². The second-order valence-electron chi connectivity index (χ2n) is 7.31. The maximum Gasteiger partial charge on any atom is 0.241 e. The van der Waals surface area contributed by atoms with E-state index in [1.54, 1.807) is 48.5 Å². The van der Waals surface area contributed by atoms with Crippen LogP contribution in [0, 0.1) is 6.92 Å². The first kappa shape index (κ1) is 23.4. The van der Waals surface area contributed by atoms with Gasteiger partial charge in [0.1, 0.15) is 17.5 Å². The Balaban J connectivity index is 1.80. The number of ether oxygens (including phenoxy) is 1. The number of benzene rings is 3. The van der Waals surface area contributed by atoms with E-state index in [0.29, 0.717) is 27.9 Å². The van der Waals surface area contributed by atoms with Crippen LogP contribution in [0.4, 0.5) is 11.4 Å². The summed E-state index contributed by atoms with van der Waals surface area (Å²) >= 11 is 5.99. The molecule has 0 bridgehead atoms. The molecule has 0 unspecified atom stereocenters. The van der Waals surface area contributed by atoms with Crippen LogP contribution >= 0.6 is 11.6 Å². The average Bonchev–Trinajstić information content (AvgIpc) is 2.72. The molecule has 168 valence electrons. The van der Waals surface area contributed by atoms with Crippen molar-refractivity contribution in [3.63, 3.8) is 0 Å². The third kappa shape index (κ3) is 6.38. The van der Waals surface area contributed by atoms with Crippen molar-refractivity contribution in [3.05, 3.63) is 83.4 Å². The van der Waals surface area contributed by atoms with E-state index in [1.165, 1.54) is 0 Å². The van der Waals surface area contributed by atoms with Gasteiger partial charge < -0.3 is 15.8 Å². The Hall–Kier alpha value is -3.23. The molecule has 0 heterocycles. The molecule has 0 aliphatic carbocycles. The summed E-state index contributed by atoms with van der Waals surface area (Å²) in [7, 11) is -3.70. The van der Waals surface area contributed by atoms with Crippen LogP contribution in [0.25, 0.3) is 0 Å². The van der Waals surface area contributed by atoms with E-state index in [2.05, 4.69) is 5.32 Å². The minimum Gasteiger partial charge on any atom is -0.457 e. The molecule has 0 saturated heterocycles. The van der Waals surface area contributed by atoms with Crippen molar-refractivity contribution in [2.45, 2.75) is 13.0 Å². The van der Waals surface area contributed by atoms with Gasteiger partial charge in [-0.15, -0.1) is 0 Å². The van der Waals surface area contributed by atoms with Crippen molar-refractivity contribution < 1.29 is 17.9 Å². The van der Waals surface area contributed by atoms with Gasteiger partial charge in [0.2, 0.25) is 15.9 Å². The molecular weight excluding hydrogens is 450 g/mol. The number of nitrogens with one attached hydrogen (secondary N) is 1. The standard InChI is InChI=1S/C23H24ClN3O4S/c1-16-6-10-20(11-7-16)31-21-12-8-19(9-13-21)27(32(2,29)30)15-22(23(25)28)26-18-5-3-4-17(24)14-18/h3-14,22,26H,15H2,1-2H3,(H2,25,28)/t22-/m0/s1. The molecule has 3 aromatic carbocycles. The fourth-order valence-corrected chi connectivity index (χ4v) is 4.12. The Morgan fingerprint density at radius 1 is 1.06 bits per heavy atom. The molecule has 0 aromatic heterocycles. The van der Waals surface area contributed by atoms with Crippen LogP contribution in [-0.4, -0.2) is 33.2 Å². The summed E-state index contributed by atoms with van der Waals surface area (Å²) in [5.74, 6) is 0.523. The van der Waals surface area contributed by atoms with Gasteiger partial charge in [0.05, 0.1) is 18.5 Å². The summed E-state index contributed by atoms with van der Waals surface area (Å²) in [4.78, 5) is 12.0. The second kappa shape index (κ2) is 9.93. The van der Waals surface area contributed by atoms with Crippen LogP contribution in [0.5, 0.6) is 11.5 Å². The number of sulfonamides is 1. The van der Waals surface area contributed by atoms with Gasteiger partial charge in [-0.1, -0.05) is 35.4 Å². The van der Waals surface area contributed by atoms with Gasteiger partial charge in [0, 0.05) is 10.7 Å². The van der Waals surface area contributed by atoms with Gasteiger partial charge in [-0.2, -0.15) is 0 Å². The third-order valence-corrected chi connectivity index (χ3v) is 6.03. The maximum absolute atomic E-state index is 12.5. The predicted molar refractivity (Wildman–Crippen MR) is 128 cm³/mol. The van der Waals surface area contributed by atoms with E-state index in [1.807, 2.05) is 31.2 Å². The smallest absolute Gasteiger partial charge is 0.241 e. The number of nitrogens with zero attached hydrogens (tertiary/aromatic N) is 1. The van der Waals surface area contributed by atoms with E-state index < -0.39 is 22.0 Å². The zero-order valence-corrected chi connectivity index (χ0v) is 19.2. The van der Waals surface area contributed by atoms with E-state index >= 15 is 0 Å². The van der Waals surface area contributed by atoms with Crippen molar-refractivity contribution in [2.24, 2.45) is 5.73 Å². The van der Waals surface area contributed by atoms with Crippen molar-refractivity contribution in [2.75, 3.05) is 22.4 Å². The number of hydrogen-bond donors (Lipinski definition) is 2. The Labute approximate surface area is 192 Å². The highest BCUT2D eigenvalue weighted by Gasteiger charge is 2.25. The number of rotatable bonds is 9. The number of primary amides is 1. The molecule has 32 heavy (non-hydrogen) atoms. The normalized spacial score (nSPS) is 12.1. The van der Waals surface area contributed by atoms with Crippen molar-refractivity contribution in [3.8, 4) is 11.5 Å². The second-order valence-corrected chi connectivity index (χ2v) is 9.66. The zero-order valence-electron chi connectivity index (χ0n) is 17.7. The number of amides is 1. The Morgan fingerprint density at radius 3 is 2.19 bits per heavy atom. The van der Waals surface area contributed by atoms with Gasteiger partial charge in [-0.25, -0.2) is 8.42 Å². The van der Waals surface area contributed by atoms with Crippen molar-refractivity contribution >= 4 is 38.9 Å². The first-order valence-electron chi connectivity index (χ1n) is 9.75. The number of anilines is 2. The Morgan fingerprint density at radius 2 is 1.66 bits per heavy atom. The van der Waals surface area contributed by atoms with E-state index in [0.717, 1.165) is 16.1 Å². The molecule has 1 atom stereocenters. The summed E-state index contributed by atoms with van der Waals surface area (Å²) in [6, 6.07) is 19.9. The largest absolute Gasteiger partial charge is 0.457 e. The molecule has 3 rings (SSSR count). The van der Waals surface area contributed by atoms with Gasteiger partial charge in [0.15, 0.2) is 0 Å². The quantitative estimate of drug-likeness (QED) is 0.485. The SMILES string of the molecule is Cc1ccc(Oc2ccc(N(C[C@H](Nc3cccc(Cl)c3)C(N)=O)S(C)(=O)=O)cc2)cc1. The maximum atomic E-state index is 12.5. The molecule has 0 saturated carbocycles. The van der Waals surface area contributed by atoms with Gasteiger partial charge >= 0.3 is 0 Å². The first-order chi connectivity index (χ1) is 15.1. The number of nitrogens with two attached hydrogens (primary N) is 1. The first-order valence-corrected chi connectivity index (χ1v) is 12.0. The molecule has 7 nitrogen and oxygen atoms in total. The van der Waals surface area contributed by atoms with E-state index in [9.17, 15) is 13.2 Å². The summed E-state index contributed by atoms with van der Waals surface area (Å²) in [5.41, 5.74) is 7.58. The molecule has 0 fully saturated rings. The van der Waals surface area contributed by atoms with Crippen LogP contribution in [0.2, 0.25) is 5.02 Å². The van der Waals surface area contributed by atoms with Gasteiger partial charge in [-0.05, 0) is 61.5 Å². The molecule has 0 radical (unpaired) electrons. The number of carbonyl (C=O) groups excluding carboxylic acids is 1.